The number of nitrogens with zero attached hydrogens (tertiary/aromatic N) is 3. The summed E-state index contributed by atoms with van der Waals surface area (Å²) in [5.74, 6) is 1.35. The van der Waals surface area contributed by atoms with Gasteiger partial charge in [0.15, 0.2) is 0 Å². The molecule has 0 aliphatic carbocycles. The summed E-state index contributed by atoms with van der Waals surface area (Å²) >= 11 is 0. The van der Waals surface area contributed by atoms with E-state index < -0.39 is 11.9 Å². The summed E-state index contributed by atoms with van der Waals surface area (Å²) in [7, 11) is 0. The first-order valence-corrected chi connectivity index (χ1v) is 7.85. The van der Waals surface area contributed by atoms with Gasteiger partial charge in [-0.25, -0.2) is 9.97 Å². The van der Waals surface area contributed by atoms with Crippen LogP contribution in [-0.4, -0.2) is 29.7 Å². The number of hydrogen-bond donors (Lipinski definition) is 0. The van der Waals surface area contributed by atoms with Gasteiger partial charge in [0.25, 0.3) is 0 Å². The number of alkyl halides is 3. The van der Waals surface area contributed by atoms with Gasteiger partial charge in [0, 0.05) is 25.4 Å². The molecule has 0 saturated carbocycles. The molecule has 0 unspecified atom stereocenters. The highest BCUT2D eigenvalue weighted by Crippen LogP contribution is 2.30. The van der Waals surface area contributed by atoms with Crippen molar-refractivity contribution in [2.45, 2.75) is 19.0 Å². The van der Waals surface area contributed by atoms with Crippen LogP contribution in [0.1, 0.15) is 18.5 Å². The normalized spacial score (nSPS) is 16.2. The number of aromatic nitrogens is 2. The number of rotatable bonds is 4. The Morgan fingerprint density at radius 1 is 1.08 bits per heavy atom. The monoisotopic (exact) mass is 337 g/mol. The summed E-state index contributed by atoms with van der Waals surface area (Å²) in [6.45, 7) is 1.91. The highest BCUT2D eigenvalue weighted by atomic mass is 19.4. The third-order valence-electron chi connectivity index (χ3n) is 4.07. The first kappa shape index (κ1) is 16.5. The Bertz CT molecular complexity index is 656. The van der Waals surface area contributed by atoms with Crippen LogP contribution in [0.15, 0.2) is 42.6 Å². The van der Waals surface area contributed by atoms with Gasteiger partial charge in [-0.05, 0) is 37.0 Å². The van der Waals surface area contributed by atoms with Crippen molar-refractivity contribution >= 4 is 5.82 Å². The lowest BCUT2D eigenvalue weighted by Gasteiger charge is -2.32. The maximum absolute atomic E-state index is 12.8. The molecule has 1 aliphatic heterocycles. The van der Waals surface area contributed by atoms with E-state index in [1.165, 1.54) is 6.07 Å². The highest BCUT2D eigenvalue weighted by molar-refractivity contribution is 5.40. The molecule has 0 spiro atoms. The number of halogens is 3. The van der Waals surface area contributed by atoms with Crippen LogP contribution in [0.2, 0.25) is 0 Å². The zero-order chi connectivity index (χ0) is 17.0. The van der Waals surface area contributed by atoms with E-state index in [0.717, 1.165) is 18.9 Å². The van der Waals surface area contributed by atoms with Crippen LogP contribution in [0.25, 0.3) is 0 Å². The average Bonchev–Trinajstić information content (AvgIpc) is 2.61. The van der Waals surface area contributed by atoms with E-state index in [9.17, 15) is 13.2 Å². The second-order valence-corrected chi connectivity index (χ2v) is 5.79. The molecule has 3 rings (SSSR count). The molecule has 1 aliphatic rings. The lowest BCUT2D eigenvalue weighted by Crippen LogP contribution is -2.36. The lowest BCUT2D eigenvalue weighted by molar-refractivity contribution is -0.141. The SMILES string of the molecule is FC(F)(F)c1cccc(N2CCC(COc3ccccn3)CC2)n1. The quantitative estimate of drug-likeness (QED) is 0.851. The van der Waals surface area contributed by atoms with Crippen molar-refractivity contribution in [3.05, 3.63) is 48.3 Å². The van der Waals surface area contributed by atoms with Crippen molar-refractivity contribution in [1.29, 1.82) is 0 Å². The summed E-state index contributed by atoms with van der Waals surface area (Å²) < 4.78 is 43.9. The Morgan fingerprint density at radius 3 is 2.54 bits per heavy atom. The van der Waals surface area contributed by atoms with Crippen LogP contribution < -0.4 is 9.64 Å². The molecule has 4 nitrogen and oxygen atoms in total. The molecule has 7 heteroatoms. The predicted octanol–water partition coefficient (Wildman–Crippen LogP) is 3.79. The Kier molecular flexibility index (Phi) is 4.87. The van der Waals surface area contributed by atoms with Crippen molar-refractivity contribution in [3.63, 3.8) is 0 Å². The molecule has 0 aromatic carbocycles. The highest BCUT2D eigenvalue weighted by Gasteiger charge is 2.33. The molecule has 0 amide bonds. The Labute approximate surface area is 138 Å². The van der Waals surface area contributed by atoms with E-state index >= 15 is 0 Å². The molecule has 2 aromatic heterocycles. The third-order valence-corrected chi connectivity index (χ3v) is 4.07. The van der Waals surface area contributed by atoms with E-state index in [1.807, 2.05) is 23.1 Å². The second kappa shape index (κ2) is 7.07. The molecule has 128 valence electrons. The van der Waals surface area contributed by atoms with Gasteiger partial charge < -0.3 is 9.64 Å². The maximum atomic E-state index is 12.8. The minimum Gasteiger partial charge on any atom is -0.477 e. The second-order valence-electron chi connectivity index (χ2n) is 5.79. The lowest BCUT2D eigenvalue weighted by atomic mass is 9.98. The van der Waals surface area contributed by atoms with Crippen LogP contribution in [0.4, 0.5) is 19.0 Å². The number of pyridine rings is 2. The summed E-state index contributed by atoms with van der Waals surface area (Å²) in [5.41, 5.74) is -0.847. The molecule has 0 bridgehead atoms. The maximum Gasteiger partial charge on any atom is 0.433 e. The predicted molar refractivity (Wildman–Crippen MR) is 83.9 cm³/mol. The first-order valence-electron chi connectivity index (χ1n) is 7.85. The molecule has 24 heavy (non-hydrogen) atoms. The van der Waals surface area contributed by atoms with Gasteiger partial charge in [-0.1, -0.05) is 12.1 Å². The topological polar surface area (TPSA) is 38.2 Å². The van der Waals surface area contributed by atoms with E-state index in [2.05, 4.69) is 9.97 Å². The van der Waals surface area contributed by atoms with Gasteiger partial charge in [0.2, 0.25) is 5.88 Å². The fourth-order valence-corrected chi connectivity index (χ4v) is 2.72. The van der Waals surface area contributed by atoms with E-state index in [0.29, 0.717) is 37.3 Å². The van der Waals surface area contributed by atoms with Crippen LogP contribution in [-0.2, 0) is 6.18 Å². The van der Waals surface area contributed by atoms with Crippen LogP contribution >= 0.6 is 0 Å². The standard InChI is InChI=1S/C17H18F3N3O/c18-17(19,20)14-4-3-5-15(22-14)23-10-7-13(8-11-23)12-24-16-6-1-2-9-21-16/h1-6,9,13H,7-8,10-12H2. The molecular weight excluding hydrogens is 319 g/mol. The fourth-order valence-electron chi connectivity index (χ4n) is 2.72. The molecular formula is C17H18F3N3O. The number of piperidine rings is 1. The molecule has 3 heterocycles. The van der Waals surface area contributed by atoms with Gasteiger partial charge in [0.1, 0.15) is 11.5 Å². The zero-order valence-electron chi connectivity index (χ0n) is 13.0. The van der Waals surface area contributed by atoms with Gasteiger partial charge in [-0.15, -0.1) is 0 Å². The van der Waals surface area contributed by atoms with Crippen molar-refractivity contribution < 1.29 is 17.9 Å². The van der Waals surface area contributed by atoms with Crippen molar-refractivity contribution in [2.75, 3.05) is 24.6 Å². The number of hydrogen-bond acceptors (Lipinski definition) is 4. The molecule has 2 aromatic rings. The number of anilines is 1. The Balaban J connectivity index is 1.53. The van der Waals surface area contributed by atoms with Crippen molar-refractivity contribution in [3.8, 4) is 5.88 Å². The van der Waals surface area contributed by atoms with E-state index in [4.69, 9.17) is 4.74 Å². The van der Waals surface area contributed by atoms with Gasteiger partial charge in [0.05, 0.1) is 6.61 Å². The van der Waals surface area contributed by atoms with Crippen LogP contribution in [0, 0.1) is 5.92 Å². The minimum absolute atomic E-state index is 0.369. The van der Waals surface area contributed by atoms with E-state index in [-0.39, 0.29) is 0 Å². The minimum atomic E-state index is -4.41. The van der Waals surface area contributed by atoms with Gasteiger partial charge in [-0.2, -0.15) is 13.2 Å². The molecule has 0 N–H and O–H groups in total. The van der Waals surface area contributed by atoms with Crippen LogP contribution in [0.5, 0.6) is 5.88 Å². The third kappa shape index (κ3) is 4.15. The fraction of sp³-hybridized carbons (Fsp3) is 0.412. The first-order chi connectivity index (χ1) is 11.5. The summed E-state index contributed by atoms with van der Waals surface area (Å²) in [6, 6.07) is 9.53. The molecule has 0 radical (unpaired) electrons. The Hall–Kier alpha value is -2.31. The summed E-state index contributed by atoms with van der Waals surface area (Å²) in [6.07, 6.45) is -1.03. The number of ether oxygens (including phenoxy) is 1. The molecule has 1 fully saturated rings. The van der Waals surface area contributed by atoms with Crippen molar-refractivity contribution in [1.82, 2.24) is 9.97 Å². The van der Waals surface area contributed by atoms with E-state index in [1.54, 1.807) is 12.3 Å². The summed E-state index contributed by atoms with van der Waals surface area (Å²) in [4.78, 5) is 9.75. The smallest absolute Gasteiger partial charge is 0.433 e. The molecule has 1 saturated heterocycles. The van der Waals surface area contributed by atoms with Crippen LogP contribution in [0.3, 0.4) is 0 Å². The zero-order valence-corrected chi connectivity index (χ0v) is 13.0. The Morgan fingerprint density at radius 2 is 1.88 bits per heavy atom. The van der Waals surface area contributed by atoms with Gasteiger partial charge >= 0.3 is 6.18 Å². The average molecular weight is 337 g/mol. The van der Waals surface area contributed by atoms with Gasteiger partial charge in [-0.3, -0.25) is 0 Å². The largest absolute Gasteiger partial charge is 0.477 e. The molecule has 0 atom stereocenters. The van der Waals surface area contributed by atoms with Crippen molar-refractivity contribution in [2.24, 2.45) is 5.92 Å². The summed E-state index contributed by atoms with van der Waals surface area (Å²) in [5, 5.41) is 0.